The molecule has 1 aliphatic rings. The molecule has 0 radical (unpaired) electrons. The van der Waals surface area contributed by atoms with Crippen molar-refractivity contribution in [3.8, 4) is 11.4 Å². The summed E-state index contributed by atoms with van der Waals surface area (Å²) in [5.74, 6) is 1.81. The summed E-state index contributed by atoms with van der Waals surface area (Å²) in [6, 6.07) is 16.9. The quantitative estimate of drug-likeness (QED) is 0.552. The molecule has 1 aromatic heterocycles. The van der Waals surface area contributed by atoms with E-state index in [1.165, 1.54) is 22.3 Å². The Bertz CT molecular complexity index is 1100. The summed E-state index contributed by atoms with van der Waals surface area (Å²) in [6.45, 7) is 10.9. The highest BCUT2D eigenvalue weighted by Gasteiger charge is 2.24. The van der Waals surface area contributed by atoms with Crippen LogP contribution in [0.25, 0.3) is 11.4 Å². The highest BCUT2D eigenvalue weighted by atomic mass is 16.5. The summed E-state index contributed by atoms with van der Waals surface area (Å²) in [7, 11) is 1.63. The fraction of sp³-hybridized carbons (Fsp3) is 0.429. The molecule has 6 nitrogen and oxygen atoms in total. The van der Waals surface area contributed by atoms with E-state index in [1.54, 1.807) is 7.11 Å². The van der Waals surface area contributed by atoms with Gasteiger partial charge in [-0.2, -0.15) is 0 Å². The highest BCUT2D eigenvalue weighted by molar-refractivity contribution is 5.61. The van der Waals surface area contributed by atoms with E-state index < -0.39 is 6.10 Å². The van der Waals surface area contributed by atoms with E-state index >= 15 is 0 Å². The zero-order valence-corrected chi connectivity index (χ0v) is 20.8. The zero-order chi connectivity index (χ0) is 24.1. The number of rotatable bonds is 8. The minimum absolute atomic E-state index is 0.367. The minimum Gasteiger partial charge on any atom is -0.389 e. The highest BCUT2D eigenvalue weighted by Crippen LogP contribution is 2.29. The van der Waals surface area contributed by atoms with Crippen LogP contribution in [0.5, 0.6) is 0 Å². The number of piperazine rings is 1. The van der Waals surface area contributed by atoms with Crippen LogP contribution in [-0.2, 0) is 11.2 Å². The van der Waals surface area contributed by atoms with Gasteiger partial charge in [-0.1, -0.05) is 54.1 Å². The van der Waals surface area contributed by atoms with Crippen molar-refractivity contribution in [2.75, 3.05) is 51.3 Å². The fourth-order valence-corrected chi connectivity index (χ4v) is 4.63. The van der Waals surface area contributed by atoms with Gasteiger partial charge in [-0.15, -0.1) is 0 Å². The molecular weight excluding hydrogens is 424 g/mol. The van der Waals surface area contributed by atoms with Crippen LogP contribution in [0.3, 0.4) is 0 Å². The Morgan fingerprint density at radius 2 is 1.71 bits per heavy atom. The zero-order valence-electron chi connectivity index (χ0n) is 20.8. The summed E-state index contributed by atoms with van der Waals surface area (Å²) in [6.07, 6.45) is 0.360. The van der Waals surface area contributed by atoms with E-state index in [4.69, 9.17) is 14.7 Å². The van der Waals surface area contributed by atoms with Gasteiger partial charge in [-0.05, 0) is 31.9 Å². The Balaban J connectivity index is 1.65. The SMILES string of the molecule is COCC(O)CN1CCN(c2nc(-c3ccccc3)nc(C)c2Cc2cc(C)ccc2C)CC1. The predicted octanol–water partition coefficient (Wildman–Crippen LogP) is 3.79. The number of nitrogens with zero attached hydrogens (tertiary/aromatic N) is 4. The van der Waals surface area contributed by atoms with Gasteiger partial charge in [0.15, 0.2) is 5.82 Å². The van der Waals surface area contributed by atoms with E-state index in [0.717, 1.165) is 55.5 Å². The smallest absolute Gasteiger partial charge is 0.161 e. The number of anilines is 1. The van der Waals surface area contributed by atoms with Crippen LogP contribution in [0.4, 0.5) is 5.82 Å². The Kier molecular flexibility index (Phi) is 7.93. The number of benzene rings is 2. The largest absolute Gasteiger partial charge is 0.389 e. The first-order chi connectivity index (χ1) is 16.4. The molecule has 34 heavy (non-hydrogen) atoms. The maximum atomic E-state index is 10.1. The summed E-state index contributed by atoms with van der Waals surface area (Å²) >= 11 is 0. The third kappa shape index (κ3) is 5.81. The number of methoxy groups -OCH3 is 1. The molecule has 0 bridgehead atoms. The molecule has 1 unspecified atom stereocenters. The standard InChI is InChI=1S/C28H36N4O2/c1-20-10-11-21(2)24(16-20)17-26-22(3)29-27(23-8-6-5-7-9-23)30-28(26)32-14-12-31(13-15-32)18-25(33)19-34-4/h5-11,16,25,33H,12-15,17-19H2,1-4H3. The van der Waals surface area contributed by atoms with Crippen molar-refractivity contribution in [1.29, 1.82) is 0 Å². The molecule has 1 atom stereocenters. The molecule has 1 saturated heterocycles. The van der Waals surface area contributed by atoms with Crippen molar-refractivity contribution in [2.24, 2.45) is 0 Å². The van der Waals surface area contributed by atoms with Crippen LogP contribution in [0, 0.1) is 20.8 Å². The number of hydrogen-bond donors (Lipinski definition) is 1. The van der Waals surface area contributed by atoms with Gasteiger partial charge >= 0.3 is 0 Å². The van der Waals surface area contributed by atoms with Crippen LogP contribution in [-0.4, -0.2) is 72.5 Å². The van der Waals surface area contributed by atoms with Gasteiger partial charge in [0.25, 0.3) is 0 Å². The molecule has 1 fully saturated rings. The molecule has 0 aliphatic carbocycles. The number of aryl methyl sites for hydroxylation is 3. The first-order valence-corrected chi connectivity index (χ1v) is 12.1. The van der Waals surface area contributed by atoms with Crippen molar-refractivity contribution < 1.29 is 9.84 Å². The third-order valence-electron chi connectivity index (χ3n) is 6.60. The number of aromatic nitrogens is 2. The lowest BCUT2D eigenvalue weighted by Crippen LogP contribution is -2.49. The number of hydrogen-bond acceptors (Lipinski definition) is 6. The second kappa shape index (κ2) is 11.1. The van der Waals surface area contributed by atoms with Crippen LogP contribution < -0.4 is 4.90 Å². The van der Waals surface area contributed by atoms with Gasteiger partial charge in [-0.25, -0.2) is 9.97 Å². The predicted molar refractivity (Wildman–Crippen MR) is 137 cm³/mol. The molecule has 2 heterocycles. The second-order valence-electron chi connectivity index (χ2n) is 9.30. The van der Waals surface area contributed by atoms with Crippen LogP contribution in [0.15, 0.2) is 48.5 Å². The maximum Gasteiger partial charge on any atom is 0.161 e. The first-order valence-electron chi connectivity index (χ1n) is 12.1. The van der Waals surface area contributed by atoms with Crippen molar-refractivity contribution in [3.05, 3.63) is 76.5 Å². The first kappa shape index (κ1) is 24.3. The summed E-state index contributed by atoms with van der Waals surface area (Å²) < 4.78 is 5.09. The fourth-order valence-electron chi connectivity index (χ4n) is 4.63. The maximum absolute atomic E-state index is 10.1. The summed E-state index contributed by atoms with van der Waals surface area (Å²) in [5, 5.41) is 10.1. The van der Waals surface area contributed by atoms with Gasteiger partial charge in [0.05, 0.1) is 12.7 Å². The molecule has 0 spiro atoms. The number of aliphatic hydroxyl groups excluding tert-OH is 1. The topological polar surface area (TPSA) is 61.7 Å². The van der Waals surface area contributed by atoms with Crippen LogP contribution >= 0.6 is 0 Å². The van der Waals surface area contributed by atoms with E-state index in [0.29, 0.717) is 13.2 Å². The Labute approximate surface area is 203 Å². The molecule has 2 aromatic carbocycles. The molecule has 4 rings (SSSR count). The van der Waals surface area contributed by atoms with E-state index in [1.807, 2.05) is 18.2 Å². The third-order valence-corrected chi connectivity index (χ3v) is 6.60. The summed E-state index contributed by atoms with van der Waals surface area (Å²) in [5.41, 5.74) is 7.14. The van der Waals surface area contributed by atoms with Gasteiger partial charge in [-0.3, -0.25) is 4.90 Å². The average Bonchev–Trinajstić information content (AvgIpc) is 2.83. The number of ether oxygens (including phenoxy) is 1. The average molecular weight is 461 g/mol. The number of aliphatic hydroxyl groups is 1. The normalized spacial score (nSPS) is 15.5. The lowest BCUT2D eigenvalue weighted by molar-refractivity contribution is 0.0365. The molecule has 6 heteroatoms. The van der Waals surface area contributed by atoms with Crippen molar-refractivity contribution in [2.45, 2.75) is 33.3 Å². The molecular formula is C28H36N4O2. The lowest BCUT2D eigenvalue weighted by atomic mass is 9.97. The summed E-state index contributed by atoms with van der Waals surface area (Å²) in [4.78, 5) is 14.7. The van der Waals surface area contributed by atoms with E-state index in [2.05, 4.69) is 60.9 Å². The molecule has 1 N–H and O–H groups in total. The van der Waals surface area contributed by atoms with Gasteiger partial charge in [0, 0.05) is 63.1 Å². The molecule has 3 aromatic rings. The van der Waals surface area contributed by atoms with Crippen molar-refractivity contribution in [1.82, 2.24) is 14.9 Å². The van der Waals surface area contributed by atoms with Crippen molar-refractivity contribution >= 4 is 5.82 Å². The molecule has 0 saturated carbocycles. The monoisotopic (exact) mass is 460 g/mol. The van der Waals surface area contributed by atoms with Gasteiger partial charge in [0.1, 0.15) is 5.82 Å². The van der Waals surface area contributed by atoms with Gasteiger partial charge in [0.2, 0.25) is 0 Å². The van der Waals surface area contributed by atoms with Crippen LogP contribution in [0.2, 0.25) is 0 Å². The van der Waals surface area contributed by atoms with Crippen molar-refractivity contribution in [3.63, 3.8) is 0 Å². The van der Waals surface area contributed by atoms with Gasteiger partial charge < -0.3 is 14.7 Å². The Morgan fingerprint density at radius 3 is 2.41 bits per heavy atom. The van der Waals surface area contributed by atoms with E-state index in [-0.39, 0.29) is 0 Å². The Hall–Kier alpha value is -2.80. The molecule has 0 amide bonds. The Morgan fingerprint density at radius 1 is 0.971 bits per heavy atom. The molecule has 180 valence electrons. The lowest BCUT2D eigenvalue weighted by Gasteiger charge is -2.37. The second-order valence-corrected chi connectivity index (χ2v) is 9.30. The number of β-amino-alcohol motifs (C(OH)–C–C–N with tert-alkyl or cyclic N) is 1. The van der Waals surface area contributed by atoms with Crippen LogP contribution in [0.1, 0.15) is 27.9 Å². The molecule has 1 aliphatic heterocycles. The van der Waals surface area contributed by atoms with E-state index in [9.17, 15) is 5.11 Å². The minimum atomic E-state index is -0.456.